The van der Waals surface area contributed by atoms with Gasteiger partial charge in [0.25, 0.3) is 6.01 Å². The maximum atomic E-state index is 14.8. The van der Waals surface area contributed by atoms with Gasteiger partial charge >= 0.3 is 12.1 Å². The fraction of sp³-hybridized carbons (Fsp3) is 0.644. The summed E-state index contributed by atoms with van der Waals surface area (Å²) in [6.07, 6.45) is 3.50. The average molecular weight is 894 g/mol. The first-order valence-electron chi connectivity index (χ1n) is 22.3. The van der Waals surface area contributed by atoms with Crippen molar-refractivity contribution >= 4 is 52.4 Å². The zero-order valence-corrected chi connectivity index (χ0v) is 37.7. The molecule has 8 atom stereocenters. The van der Waals surface area contributed by atoms with Gasteiger partial charge in [0.15, 0.2) is 0 Å². The first-order valence-corrected chi connectivity index (χ1v) is 22.7. The summed E-state index contributed by atoms with van der Waals surface area (Å²) in [6.45, 7) is 15.3. The van der Waals surface area contributed by atoms with Crippen molar-refractivity contribution in [3.63, 3.8) is 0 Å². The van der Waals surface area contributed by atoms with Crippen LogP contribution in [0.25, 0.3) is 22.3 Å². The number of likely N-dealkylation sites (tertiary alicyclic amines) is 1. The molecule has 2 aliphatic heterocycles. The second-order valence-electron chi connectivity index (χ2n) is 19.2. The topological polar surface area (TPSA) is 207 Å². The Balaban J connectivity index is 1.09. The zero-order chi connectivity index (χ0) is 44.8. The minimum Gasteiger partial charge on any atom is -0.491 e. The predicted molar refractivity (Wildman–Crippen MR) is 233 cm³/mol. The van der Waals surface area contributed by atoms with Crippen molar-refractivity contribution in [2.24, 2.45) is 23.2 Å². The summed E-state index contributed by atoms with van der Waals surface area (Å²) in [5.41, 5.74) is -1.04. The number of nitrogens with zero attached hydrogens (tertiary/aromatic N) is 4. The van der Waals surface area contributed by atoms with Crippen molar-refractivity contribution < 1.29 is 47.6 Å². The highest BCUT2D eigenvalue weighted by Gasteiger charge is 2.61. The van der Waals surface area contributed by atoms with Crippen molar-refractivity contribution in [2.75, 3.05) is 51.3 Å². The van der Waals surface area contributed by atoms with E-state index in [4.69, 9.17) is 39.9 Å². The van der Waals surface area contributed by atoms with Crippen LogP contribution in [0.2, 0.25) is 5.02 Å². The maximum absolute atomic E-state index is 14.8. The minimum absolute atomic E-state index is 0.0260. The average Bonchev–Trinajstić information content (AvgIpc) is 3.91. The second kappa shape index (κ2) is 18.0. The van der Waals surface area contributed by atoms with Crippen LogP contribution < -0.4 is 25.4 Å². The van der Waals surface area contributed by atoms with Crippen LogP contribution in [-0.4, -0.2) is 131 Å². The number of amides is 3. The van der Waals surface area contributed by atoms with Gasteiger partial charge in [-0.25, -0.2) is 14.6 Å². The van der Waals surface area contributed by atoms with Gasteiger partial charge in [0, 0.05) is 43.5 Å². The molecule has 3 amide bonds. The quantitative estimate of drug-likeness (QED) is 0.136. The first kappa shape index (κ1) is 44.7. The van der Waals surface area contributed by atoms with E-state index in [0.29, 0.717) is 84.4 Å². The summed E-state index contributed by atoms with van der Waals surface area (Å²) in [4.78, 5) is 68.2. The summed E-state index contributed by atoms with van der Waals surface area (Å²) >= 11 is 7.08. The van der Waals surface area contributed by atoms with E-state index in [1.165, 1.54) is 17.6 Å². The highest BCUT2D eigenvalue weighted by Crippen LogP contribution is 2.52. The Hall–Kier alpha value is -4.87. The molecule has 0 radical (unpaired) electrons. The molecule has 18 heteroatoms. The van der Waals surface area contributed by atoms with Crippen LogP contribution in [0.5, 0.6) is 11.5 Å². The molecule has 8 rings (SSSR count). The summed E-state index contributed by atoms with van der Waals surface area (Å²) in [5, 5.41) is 19.8. The molecule has 0 spiro atoms. The molecular weight excluding hydrogens is 834 g/mol. The van der Waals surface area contributed by atoms with Crippen LogP contribution in [0.3, 0.4) is 0 Å². The van der Waals surface area contributed by atoms with Gasteiger partial charge < -0.3 is 49.3 Å². The smallest absolute Gasteiger partial charge is 0.408 e. The number of carboxylic acids is 1. The molecule has 3 aromatic rings. The summed E-state index contributed by atoms with van der Waals surface area (Å²) in [7, 11) is 0. The largest absolute Gasteiger partial charge is 0.491 e. The molecule has 17 nitrogen and oxygen atoms in total. The number of aliphatic carboxylic acids is 1. The number of carboxylic acid groups (broad SMARTS) is 1. The number of alkyl carbamates (subject to hydrolysis) is 1. The van der Waals surface area contributed by atoms with E-state index in [1.54, 1.807) is 12.1 Å². The summed E-state index contributed by atoms with van der Waals surface area (Å²) < 4.78 is 29.9. The molecule has 342 valence electrons. The number of carbonyl (C=O) groups is 4. The van der Waals surface area contributed by atoms with E-state index in [9.17, 15) is 24.3 Å². The molecule has 0 unspecified atom stereocenters. The molecule has 2 saturated heterocycles. The Morgan fingerprint density at radius 3 is 2.43 bits per heavy atom. The van der Waals surface area contributed by atoms with E-state index < -0.39 is 53.0 Å². The Bertz CT molecular complexity index is 2200. The van der Waals surface area contributed by atoms with Gasteiger partial charge in [-0.05, 0) is 74.8 Å². The van der Waals surface area contributed by atoms with Gasteiger partial charge in [0.05, 0.1) is 31.0 Å². The highest BCUT2D eigenvalue weighted by molar-refractivity contribution is 6.36. The van der Waals surface area contributed by atoms with Gasteiger partial charge in [-0.1, -0.05) is 45.7 Å². The number of anilines is 1. The molecule has 3 saturated carbocycles. The van der Waals surface area contributed by atoms with E-state index >= 15 is 0 Å². The Labute approximate surface area is 372 Å². The van der Waals surface area contributed by atoms with Crippen molar-refractivity contribution in [3.05, 3.63) is 29.5 Å². The molecule has 5 aliphatic rings. The van der Waals surface area contributed by atoms with Crippen molar-refractivity contribution in [1.82, 2.24) is 30.4 Å². The summed E-state index contributed by atoms with van der Waals surface area (Å²) in [6, 6.07) is 3.44. The lowest BCUT2D eigenvalue weighted by Gasteiger charge is -2.35. The normalized spacial score (nSPS) is 27.1. The molecule has 4 N–H and O–H groups in total. The predicted octanol–water partition coefficient (Wildman–Crippen LogP) is 5.73. The number of morpholine rings is 1. The monoisotopic (exact) mass is 893 g/mol. The third kappa shape index (κ3) is 9.80. The lowest BCUT2D eigenvalue weighted by molar-refractivity contribution is -0.146. The number of halogens is 1. The van der Waals surface area contributed by atoms with Crippen molar-refractivity contribution in [2.45, 2.75) is 116 Å². The van der Waals surface area contributed by atoms with E-state index in [0.717, 1.165) is 25.9 Å². The number of ether oxygens (including phenoxy) is 4. The number of rotatable bonds is 16. The van der Waals surface area contributed by atoms with Gasteiger partial charge in [-0.3, -0.25) is 14.5 Å². The Kier molecular flexibility index (Phi) is 12.7. The number of pyridine rings is 1. The SMILES string of the molecule is CC[C@@H]1C[C@]1(NC(=O)[C@@H]1C[C@@H](Oc2cc(-c3coc(NC(C)C)n3)nc3c(Cl)c(OCCN4CCOCC4)ccc23)CN1C(=O)[C@@H](NC(=O)O[C@@H]1C[C@@H]2C[C@@H]2C1)C(C)(C)C)C(=O)O. The Morgan fingerprint density at radius 2 is 1.76 bits per heavy atom. The standard InChI is InChI=1S/C45H60ClN7O10/c1-7-27-21-45(27,41(56)57)51-39(54)33-19-29(22-53(33)40(55)38(44(4,5)6)50-43(58)63-28-17-25-16-26(25)18-28)62-35-20-31(32-23-61-42(49-32)47-24(2)3)48-37-30(35)8-9-34(36(37)46)60-15-12-52-10-13-59-14-11-52/h8-9,20,23-29,33,38H,7,10-19,21-22H2,1-6H3,(H,47,49)(H,50,58)(H,51,54)(H,56,57)/t25-,26+,27-,28+,29-,33+,38-,45-/m1/s1. The number of fused-ring (bicyclic) bond motifs is 2. The highest BCUT2D eigenvalue weighted by atomic mass is 35.5. The van der Waals surface area contributed by atoms with Gasteiger partial charge in [0.1, 0.15) is 64.9 Å². The number of hydrogen-bond acceptors (Lipinski definition) is 13. The van der Waals surface area contributed by atoms with Gasteiger partial charge in [-0.15, -0.1) is 0 Å². The van der Waals surface area contributed by atoms with Crippen LogP contribution in [0.4, 0.5) is 10.8 Å². The number of nitrogens with one attached hydrogen (secondary N) is 3. The number of benzene rings is 1. The first-order chi connectivity index (χ1) is 30.0. The van der Waals surface area contributed by atoms with Gasteiger partial charge in [0.2, 0.25) is 11.8 Å². The zero-order valence-electron chi connectivity index (χ0n) is 36.9. The van der Waals surface area contributed by atoms with Gasteiger partial charge in [-0.2, -0.15) is 4.98 Å². The molecular formula is C45H60ClN7O10. The fourth-order valence-corrected chi connectivity index (χ4v) is 9.65. The number of hydrogen-bond donors (Lipinski definition) is 4. The van der Waals surface area contributed by atoms with Crippen molar-refractivity contribution in [3.8, 4) is 22.9 Å². The molecule has 4 heterocycles. The number of oxazole rings is 1. The lowest BCUT2D eigenvalue weighted by Crippen LogP contribution is -2.59. The Morgan fingerprint density at radius 1 is 1.02 bits per heavy atom. The molecule has 1 aromatic carbocycles. The molecule has 5 fully saturated rings. The molecule has 2 aromatic heterocycles. The van der Waals surface area contributed by atoms with Crippen LogP contribution >= 0.6 is 11.6 Å². The van der Waals surface area contributed by atoms with E-state index in [-0.39, 0.29) is 42.5 Å². The van der Waals surface area contributed by atoms with E-state index in [1.807, 2.05) is 47.6 Å². The molecule has 3 aliphatic carbocycles. The lowest BCUT2D eigenvalue weighted by atomic mass is 9.85. The molecule has 63 heavy (non-hydrogen) atoms. The number of carbonyl (C=O) groups excluding carboxylic acids is 3. The van der Waals surface area contributed by atoms with Crippen LogP contribution in [0.1, 0.15) is 80.1 Å². The summed E-state index contributed by atoms with van der Waals surface area (Å²) in [5.74, 6) is -0.504. The third-order valence-electron chi connectivity index (χ3n) is 13.1. The molecule has 0 bridgehead atoms. The second-order valence-corrected chi connectivity index (χ2v) is 19.6. The van der Waals surface area contributed by atoms with Crippen LogP contribution in [-0.2, 0) is 23.9 Å². The third-order valence-corrected chi connectivity index (χ3v) is 13.5. The van der Waals surface area contributed by atoms with E-state index in [2.05, 4.69) is 25.8 Å². The maximum Gasteiger partial charge on any atom is 0.408 e. The fourth-order valence-electron chi connectivity index (χ4n) is 9.38. The number of aromatic nitrogens is 2. The minimum atomic E-state index is -1.43. The van der Waals surface area contributed by atoms with Crippen molar-refractivity contribution in [1.29, 1.82) is 0 Å². The van der Waals surface area contributed by atoms with Crippen LogP contribution in [0, 0.1) is 23.2 Å². The van der Waals surface area contributed by atoms with Crippen LogP contribution in [0.15, 0.2) is 28.9 Å².